The highest BCUT2D eigenvalue weighted by Gasteiger charge is 2.30. The number of carbonyl (C=O) groups excluding carboxylic acids is 1. The van der Waals surface area contributed by atoms with E-state index in [1.54, 1.807) is 0 Å². The van der Waals surface area contributed by atoms with E-state index in [2.05, 4.69) is 11.2 Å². The standard InChI is InChI=1S/C10H15NO2/c1-3-4-6-11-10(12)9-5-7-13-8(9)2/h1,8-9H,4-7H2,2H3,(H,11,12). The van der Waals surface area contributed by atoms with E-state index < -0.39 is 0 Å². The molecule has 1 aliphatic rings. The number of rotatable bonds is 3. The first kappa shape index (κ1) is 10.1. The van der Waals surface area contributed by atoms with Crippen LogP contribution in [-0.2, 0) is 9.53 Å². The van der Waals surface area contributed by atoms with Gasteiger partial charge in [-0.3, -0.25) is 4.79 Å². The van der Waals surface area contributed by atoms with E-state index in [0.717, 1.165) is 6.42 Å². The Bertz CT molecular complexity index is 219. The van der Waals surface area contributed by atoms with Gasteiger partial charge in [-0.05, 0) is 13.3 Å². The van der Waals surface area contributed by atoms with Crippen molar-refractivity contribution in [1.29, 1.82) is 0 Å². The highest BCUT2D eigenvalue weighted by atomic mass is 16.5. The van der Waals surface area contributed by atoms with Gasteiger partial charge in [-0.15, -0.1) is 12.3 Å². The predicted molar refractivity (Wildman–Crippen MR) is 50.0 cm³/mol. The van der Waals surface area contributed by atoms with Gasteiger partial charge in [0, 0.05) is 19.6 Å². The second-order valence-electron chi connectivity index (χ2n) is 3.22. The van der Waals surface area contributed by atoms with Gasteiger partial charge in [-0.25, -0.2) is 0 Å². The maximum Gasteiger partial charge on any atom is 0.225 e. The van der Waals surface area contributed by atoms with Crippen LogP contribution >= 0.6 is 0 Å². The molecule has 0 bridgehead atoms. The van der Waals surface area contributed by atoms with Crippen LogP contribution in [0.1, 0.15) is 19.8 Å². The lowest BCUT2D eigenvalue weighted by molar-refractivity contribution is -0.126. The molecule has 1 N–H and O–H groups in total. The quantitative estimate of drug-likeness (QED) is 0.510. The summed E-state index contributed by atoms with van der Waals surface area (Å²) in [6, 6.07) is 0. The summed E-state index contributed by atoms with van der Waals surface area (Å²) in [5.74, 6) is 2.56. The number of hydrogen-bond donors (Lipinski definition) is 1. The minimum Gasteiger partial charge on any atom is -0.378 e. The molecule has 3 heteroatoms. The molecule has 1 saturated heterocycles. The summed E-state index contributed by atoms with van der Waals surface area (Å²) in [7, 11) is 0. The van der Waals surface area contributed by atoms with Gasteiger partial charge in [-0.1, -0.05) is 0 Å². The average molecular weight is 181 g/mol. The van der Waals surface area contributed by atoms with Crippen molar-refractivity contribution in [2.24, 2.45) is 5.92 Å². The largest absolute Gasteiger partial charge is 0.378 e. The minimum absolute atomic E-state index is 0.0118. The van der Waals surface area contributed by atoms with E-state index in [0.29, 0.717) is 19.6 Å². The zero-order valence-corrected chi connectivity index (χ0v) is 7.88. The molecular weight excluding hydrogens is 166 g/mol. The van der Waals surface area contributed by atoms with Crippen LogP contribution in [-0.4, -0.2) is 25.2 Å². The predicted octanol–water partition coefficient (Wildman–Crippen LogP) is 0.551. The molecule has 3 nitrogen and oxygen atoms in total. The van der Waals surface area contributed by atoms with E-state index in [-0.39, 0.29) is 17.9 Å². The average Bonchev–Trinajstić information content (AvgIpc) is 2.52. The summed E-state index contributed by atoms with van der Waals surface area (Å²) >= 11 is 0. The lowest BCUT2D eigenvalue weighted by Crippen LogP contribution is -2.34. The molecule has 2 unspecified atom stereocenters. The number of ether oxygens (including phenoxy) is 1. The first-order chi connectivity index (χ1) is 6.25. The Hall–Kier alpha value is -1.01. The van der Waals surface area contributed by atoms with Gasteiger partial charge in [0.15, 0.2) is 0 Å². The van der Waals surface area contributed by atoms with E-state index in [9.17, 15) is 4.79 Å². The second kappa shape index (κ2) is 4.88. The lowest BCUT2D eigenvalue weighted by atomic mass is 10.0. The molecule has 1 rings (SSSR count). The highest BCUT2D eigenvalue weighted by Crippen LogP contribution is 2.20. The summed E-state index contributed by atoms with van der Waals surface area (Å²) in [4.78, 5) is 11.5. The van der Waals surface area contributed by atoms with Crippen LogP contribution < -0.4 is 5.32 Å². The Kier molecular flexibility index (Phi) is 3.78. The smallest absolute Gasteiger partial charge is 0.225 e. The van der Waals surface area contributed by atoms with E-state index >= 15 is 0 Å². The fourth-order valence-corrected chi connectivity index (χ4v) is 1.46. The van der Waals surface area contributed by atoms with Crippen LogP contribution in [0, 0.1) is 18.3 Å². The SMILES string of the molecule is C#CCCNC(=O)C1CCOC1C. The molecule has 0 radical (unpaired) electrons. The van der Waals surface area contributed by atoms with Crippen molar-refractivity contribution in [2.75, 3.05) is 13.2 Å². The number of hydrogen-bond acceptors (Lipinski definition) is 2. The Balaban J connectivity index is 2.27. The van der Waals surface area contributed by atoms with Crippen LogP contribution in [0.4, 0.5) is 0 Å². The fourth-order valence-electron chi connectivity index (χ4n) is 1.46. The third kappa shape index (κ3) is 2.74. The molecule has 2 atom stereocenters. The van der Waals surface area contributed by atoms with Gasteiger partial charge in [0.25, 0.3) is 0 Å². The molecule has 1 aliphatic heterocycles. The molecule has 1 amide bonds. The fraction of sp³-hybridized carbons (Fsp3) is 0.700. The van der Waals surface area contributed by atoms with Gasteiger partial charge in [0.05, 0.1) is 12.0 Å². The summed E-state index contributed by atoms with van der Waals surface area (Å²) < 4.78 is 5.29. The molecule has 1 fully saturated rings. The highest BCUT2D eigenvalue weighted by molar-refractivity contribution is 5.79. The molecule has 0 spiro atoms. The summed E-state index contributed by atoms with van der Waals surface area (Å²) in [6.45, 7) is 3.19. The zero-order chi connectivity index (χ0) is 9.68. The number of carbonyl (C=O) groups is 1. The van der Waals surface area contributed by atoms with Gasteiger partial charge in [0.2, 0.25) is 5.91 Å². The Labute approximate surface area is 78.8 Å². The van der Waals surface area contributed by atoms with Crippen LogP contribution in [0.3, 0.4) is 0 Å². The Morgan fingerprint density at radius 3 is 3.08 bits per heavy atom. The van der Waals surface area contributed by atoms with Crippen molar-refractivity contribution < 1.29 is 9.53 Å². The summed E-state index contributed by atoms with van der Waals surface area (Å²) in [6.07, 6.45) is 6.53. The molecule has 0 aromatic carbocycles. The number of terminal acetylenes is 1. The topological polar surface area (TPSA) is 38.3 Å². The molecule has 72 valence electrons. The van der Waals surface area contributed by atoms with Gasteiger partial charge in [-0.2, -0.15) is 0 Å². The number of amides is 1. The Morgan fingerprint density at radius 2 is 2.54 bits per heavy atom. The van der Waals surface area contributed by atoms with Crippen LogP contribution in [0.15, 0.2) is 0 Å². The number of nitrogens with one attached hydrogen (secondary N) is 1. The molecule has 1 heterocycles. The maximum absolute atomic E-state index is 11.5. The van der Waals surface area contributed by atoms with Crippen molar-refractivity contribution >= 4 is 5.91 Å². The zero-order valence-electron chi connectivity index (χ0n) is 7.88. The molecule has 0 saturated carbocycles. The maximum atomic E-state index is 11.5. The van der Waals surface area contributed by atoms with Gasteiger partial charge in [0.1, 0.15) is 0 Å². The monoisotopic (exact) mass is 181 g/mol. The summed E-state index contributed by atoms with van der Waals surface area (Å²) in [5.41, 5.74) is 0. The second-order valence-corrected chi connectivity index (χ2v) is 3.22. The molecule has 0 aliphatic carbocycles. The van der Waals surface area contributed by atoms with Gasteiger partial charge >= 0.3 is 0 Å². The third-order valence-electron chi connectivity index (χ3n) is 2.28. The minimum atomic E-state index is 0.0118. The Morgan fingerprint density at radius 1 is 1.77 bits per heavy atom. The van der Waals surface area contributed by atoms with E-state index in [4.69, 9.17) is 11.2 Å². The van der Waals surface area contributed by atoms with Crippen molar-refractivity contribution in [1.82, 2.24) is 5.32 Å². The van der Waals surface area contributed by atoms with Crippen molar-refractivity contribution in [3.8, 4) is 12.3 Å². The summed E-state index contributed by atoms with van der Waals surface area (Å²) in [5, 5.41) is 2.79. The normalized spacial score (nSPS) is 26.8. The van der Waals surface area contributed by atoms with Crippen LogP contribution in [0.25, 0.3) is 0 Å². The molecule has 0 aromatic rings. The lowest BCUT2D eigenvalue weighted by Gasteiger charge is -2.12. The molecule has 0 aromatic heterocycles. The molecule has 13 heavy (non-hydrogen) atoms. The third-order valence-corrected chi connectivity index (χ3v) is 2.28. The van der Waals surface area contributed by atoms with Crippen molar-refractivity contribution in [3.63, 3.8) is 0 Å². The van der Waals surface area contributed by atoms with Crippen LogP contribution in [0.5, 0.6) is 0 Å². The first-order valence-corrected chi connectivity index (χ1v) is 4.58. The first-order valence-electron chi connectivity index (χ1n) is 4.58. The molecular formula is C10H15NO2. The van der Waals surface area contributed by atoms with Gasteiger partial charge < -0.3 is 10.1 Å². The van der Waals surface area contributed by atoms with Crippen LogP contribution in [0.2, 0.25) is 0 Å². The van der Waals surface area contributed by atoms with Crippen molar-refractivity contribution in [3.05, 3.63) is 0 Å². The van der Waals surface area contributed by atoms with E-state index in [1.165, 1.54) is 0 Å². The van der Waals surface area contributed by atoms with E-state index in [1.807, 2.05) is 6.92 Å². The van der Waals surface area contributed by atoms with Crippen molar-refractivity contribution in [2.45, 2.75) is 25.9 Å².